The number of halogens is 5. The average molecular weight is 367 g/mol. The molecule has 0 fully saturated rings. The van der Waals surface area contributed by atoms with E-state index in [0.29, 0.717) is 10.8 Å². The standard InChI is InChI=1S/C10H12BrClF3NOS/c1-16-7(2-3-17-5-10(13,14)15)8-4-6(11)9(12)18-8/h4,7,16H,2-3,5H2,1H3. The van der Waals surface area contributed by atoms with Crippen LogP contribution in [0.2, 0.25) is 4.34 Å². The van der Waals surface area contributed by atoms with Gasteiger partial charge >= 0.3 is 6.18 Å². The van der Waals surface area contributed by atoms with Crippen molar-refractivity contribution < 1.29 is 17.9 Å². The van der Waals surface area contributed by atoms with E-state index in [2.05, 4.69) is 26.0 Å². The second-order valence-electron chi connectivity index (χ2n) is 3.57. The highest BCUT2D eigenvalue weighted by Crippen LogP contribution is 2.36. The molecule has 1 heterocycles. The van der Waals surface area contributed by atoms with Crippen molar-refractivity contribution in [2.24, 2.45) is 0 Å². The SMILES string of the molecule is CNC(CCOCC(F)(F)F)c1cc(Br)c(Cl)s1. The fourth-order valence-corrected chi connectivity index (χ4v) is 3.23. The van der Waals surface area contributed by atoms with Crippen molar-refractivity contribution >= 4 is 38.9 Å². The van der Waals surface area contributed by atoms with Gasteiger partial charge in [0.15, 0.2) is 0 Å². The summed E-state index contributed by atoms with van der Waals surface area (Å²) < 4.78 is 41.6. The molecule has 0 aromatic carbocycles. The molecule has 0 aliphatic heterocycles. The molecule has 0 radical (unpaired) electrons. The fourth-order valence-electron chi connectivity index (χ4n) is 1.35. The Morgan fingerprint density at radius 1 is 1.56 bits per heavy atom. The van der Waals surface area contributed by atoms with E-state index in [1.54, 1.807) is 7.05 Å². The maximum absolute atomic E-state index is 11.9. The van der Waals surface area contributed by atoms with Crippen LogP contribution < -0.4 is 5.32 Å². The lowest BCUT2D eigenvalue weighted by molar-refractivity contribution is -0.174. The van der Waals surface area contributed by atoms with Crippen LogP contribution in [0.15, 0.2) is 10.5 Å². The zero-order chi connectivity index (χ0) is 13.8. The molecule has 0 spiro atoms. The molecule has 0 aliphatic carbocycles. The Labute approximate surface area is 121 Å². The summed E-state index contributed by atoms with van der Waals surface area (Å²) in [6, 6.07) is 1.80. The fraction of sp³-hybridized carbons (Fsp3) is 0.600. The Bertz CT molecular complexity index is 366. The van der Waals surface area contributed by atoms with Crippen LogP contribution in [-0.2, 0) is 4.74 Å². The topological polar surface area (TPSA) is 21.3 Å². The Hall–Kier alpha value is 0.180. The zero-order valence-electron chi connectivity index (χ0n) is 9.48. The second-order valence-corrected chi connectivity index (χ2v) is 6.11. The number of rotatable bonds is 6. The summed E-state index contributed by atoms with van der Waals surface area (Å²) in [5.74, 6) is 0. The average Bonchev–Trinajstić information content (AvgIpc) is 2.57. The van der Waals surface area contributed by atoms with Gasteiger partial charge in [0.2, 0.25) is 0 Å². The highest BCUT2D eigenvalue weighted by Gasteiger charge is 2.27. The number of alkyl halides is 3. The van der Waals surface area contributed by atoms with Gasteiger partial charge in [-0.2, -0.15) is 13.2 Å². The van der Waals surface area contributed by atoms with E-state index >= 15 is 0 Å². The first-order valence-electron chi connectivity index (χ1n) is 5.10. The van der Waals surface area contributed by atoms with E-state index < -0.39 is 12.8 Å². The Balaban J connectivity index is 2.43. The van der Waals surface area contributed by atoms with Crippen molar-refractivity contribution in [1.29, 1.82) is 0 Å². The van der Waals surface area contributed by atoms with E-state index in [1.807, 2.05) is 6.07 Å². The quantitative estimate of drug-likeness (QED) is 0.754. The van der Waals surface area contributed by atoms with E-state index in [4.69, 9.17) is 11.6 Å². The molecule has 1 aromatic heterocycles. The number of hydrogen-bond acceptors (Lipinski definition) is 3. The van der Waals surface area contributed by atoms with E-state index in [9.17, 15) is 13.2 Å². The molecule has 1 rings (SSSR count). The minimum Gasteiger partial charge on any atom is -0.372 e. The van der Waals surface area contributed by atoms with E-state index in [1.165, 1.54) is 11.3 Å². The summed E-state index contributed by atoms with van der Waals surface area (Å²) in [7, 11) is 1.75. The lowest BCUT2D eigenvalue weighted by Gasteiger charge is -2.15. The van der Waals surface area contributed by atoms with Gasteiger partial charge in [-0.25, -0.2) is 0 Å². The van der Waals surface area contributed by atoms with Crippen LogP contribution in [-0.4, -0.2) is 26.4 Å². The lowest BCUT2D eigenvalue weighted by atomic mass is 10.2. The predicted octanol–water partition coefficient (Wildman–Crippen LogP) is 4.39. The third kappa shape index (κ3) is 5.44. The summed E-state index contributed by atoms with van der Waals surface area (Å²) in [6.45, 7) is -1.17. The molecule has 8 heteroatoms. The Morgan fingerprint density at radius 2 is 2.22 bits per heavy atom. The van der Waals surface area contributed by atoms with Gasteiger partial charge in [0.05, 0.1) is 0 Å². The van der Waals surface area contributed by atoms with Gasteiger partial charge < -0.3 is 10.1 Å². The number of nitrogens with one attached hydrogen (secondary N) is 1. The van der Waals surface area contributed by atoms with Crippen LogP contribution in [0.25, 0.3) is 0 Å². The molecule has 2 nitrogen and oxygen atoms in total. The normalized spacial score (nSPS) is 13.9. The highest BCUT2D eigenvalue weighted by atomic mass is 79.9. The maximum atomic E-state index is 11.9. The molecular formula is C10H12BrClF3NOS. The van der Waals surface area contributed by atoms with Gasteiger partial charge in [-0.05, 0) is 35.5 Å². The maximum Gasteiger partial charge on any atom is 0.411 e. The molecule has 0 saturated heterocycles. The molecule has 0 amide bonds. The van der Waals surface area contributed by atoms with Gasteiger partial charge in [-0.3, -0.25) is 0 Å². The van der Waals surface area contributed by atoms with Crippen LogP contribution in [0.4, 0.5) is 13.2 Å². The van der Waals surface area contributed by atoms with Crippen molar-refractivity contribution in [3.8, 4) is 0 Å². The van der Waals surface area contributed by atoms with Crippen LogP contribution >= 0.6 is 38.9 Å². The molecule has 1 aromatic rings. The first kappa shape index (κ1) is 16.2. The van der Waals surface area contributed by atoms with Crippen LogP contribution in [0.1, 0.15) is 17.3 Å². The summed E-state index contributed by atoms with van der Waals surface area (Å²) in [5, 5.41) is 3.03. The van der Waals surface area contributed by atoms with Crippen LogP contribution in [0, 0.1) is 0 Å². The molecule has 18 heavy (non-hydrogen) atoms. The molecule has 104 valence electrons. The lowest BCUT2D eigenvalue weighted by Crippen LogP contribution is -2.21. The molecule has 0 aliphatic rings. The van der Waals surface area contributed by atoms with Crippen molar-refractivity contribution in [3.63, 3.8) is 0 Å². The number of ether oxygens (including phenoxy) is 1. The molecule has 1 atom stereocenters. The highest BCUT2D eigenvalue weighted by molar-refractivity contribution is 9.10. The third-order valence-electron chi connectivity index (χ3n) is 2.17. The van der Waals surface area contributed by atoms with Crippen LogP contribution in [0.5, 0.6) is 0 Å². The van der Waals surface area contributed by atoms with Gasteiger partial charge in [0.25, 0.3) is 0 Å². The molecule has 0 saturated carbocycles. The third-order valence-corrected chi connectivity index (χ3v) is 4.76. The molecular weight excluding hydrogens is 355 g/mol. The summed E-state index contributed by atoms with van der Waals surface area (Å²) in [4.78, 5) is 0.963. The first-order chi connectivity index (χ1) is 8.33. The monoisotopic (exact) mass is 365 g/mol. The molecule has 0 bridgehead atoms. The van der Waals surface area contributed by atoms with Crippen molar-refractivity contribution in [2.45, 2.75) is 18.6 Å². The van der Waals surface area contributed by atoms with Crippen molar-refractivity contribution in [1.82, 2.24) is 5.32 Å². The van der Waals surface area contributed by atoms with E-state index in [0.717, 1.165) is 9.35 Å². The predicted molar refractivity (Wildman–Crippen MR) is 70.3 cm³/mol. The largest absolute Gasteiger partial charge is 0.411 e. The smallest absolute Gasteiger partial charge is 0.372 e. The van der Waals surface area contributed by atoms with Crippen LogP contribution in [0.3, 0.4) is 0 Å². The van der Waals surface area contributed by atoms with Crippen molar-refractivity contribution in [3.05, 3.63) is 19.8 Å². The minimum absolute atomic E-state index is 0.0398. The Kier molecular flexibility index (Phi) is 6.40. The zero-order valence-corrected chi connectivity index (χ0v) is 12.6. The van der Waals surface area contributed by atoms with Gasteiger partial charge in [-0.1, -0.05) is 11.6 Å². The minimum atomic E-state index is -4.27. The summed E-state index contributed by atoms with van der Waals surface area (Å²) in [6.07, 6.45) is -3.82. The van der Waals surface area contributed by atoms with E-state index in [-0.39, 0.29) is 12.6 Å². The first-order valence-corrected chi connectivity index (χ1v) is 7.08. The second kappa shape index (κ2) is 7.09. The summed E-state index contributed by atoms with van der Waals surface area (Å²) >= 11 is 10.6. The Morgan fingerprint density at radius 3 is 2.67 bits per heavy atom. The van der Waals surface area contributed by atoms with Gasteiger partial charge in [0, 0.05) is 22.0 Å². The van der Waals surface area contributed by atoms with Gasteiger partial charge in [0.1, 0.15) is 10.9 Å². The molecule has 1 unspecified atom stereocenters. The molecule has 1 N–H and O–H groups in total. The number of hydrogen-bond donors (Lipinski definition) is 1. The van der Waals surface area contributed by atoms with Crippen molar-refractivity contribution in [2.75, 3.05) is 20.3 Å². The summed E-state index contributed by atoms with van der Waals surface area (Å²) in [5.41, 5.74) is 0. The number of thiophene rings is 1. The van der Waals surface area contributed by atoms with Gasteiger partial charge in [-0.15, -0.1) is 11.3 Å².